The maximum absolute atomic E-state index is 11.5. The van der Waals surface area contributed by atoms with Crippen LogP contribution in [0.15, 0.2) is 53.2 Å². The highest BCUT2D eigenvalue weighted by Gasteiger charge is 2.07. The average molecular weight is 383 g/mol. The van der Waals surface area contributed by atoms with Gasteiger partial charge < -0.3 is 9.47 Å². The highest BCUT2D eigenvalue weighted by molar-refractivity contribution is 7.13. The quantitative estimate of drug-likeness (QED) is 0.362. The lowest BCUT2D eigenvalue weighted by Crippen LogP contribution is -2.07. The fourth-order valence-corrected chi connectivity index (χ4v) is 2.72. The van der Waals surface area contributed by atoms with Gasteiger partial charge in [0.15, 0.2) is 0 Å². The number of rotatable bonds is 8. The number of ether oxygens (including phenoxy) is 2. The molecule has 9 heteroatoms. The Morgan fingerprint density at radius 2 is 2.15 bits per heavy atom. The molecule has 27 heavy (non-hydrogen) atoms. The number of nitrogens with zero attached hydrogens (tertiary/aromatic N) is 4. The zero-order valence-corrected chi connectivity index (χ0v) is 15.3. The van der Waals surface area contributed by atoms with Gasteiger partial charge in [0, 0.05) is 17.8 Å². The summed E-state index contributed by atoms with van der Waals surface area (Å²) in [6, 6.07) is 9.36. The van der Waals surface area contributed by atoms with E-state index in [0.29, 0.717) is 23.2 Å². The zero-order valence-electron chi connectivity index (χ0n) is 14.5. The van der Waals surface area contributed by atoms with Crippen LogP contribution in [0.5, 0.6) is 11.8 Å². The van der Waals surface area contributed by atoms with E-state index in [1.807, 2.05) is 24.3 Å². The standard InChI is InChI=1S/C18H17N5O3S/c1-2-25-16(24)10-14-12-27-18(22-14)23-21-11-13-5-3-6-15(9-13)26-17-19-7-4-8-20-17/h3-9,11-12H,2,10H2,1H3,(H,22,23). The lowest BCUT2D eigenvalue weighted by Gasteiger charge is -2.03. The van der Waals surface area contributed by atoms with Gasteiger partial charge in [-0.05, 0) is 30.7 Å². The monoisotopic (exact) mass is 383 g/mol. The molecule has 0 atom stereocenters. The van der Waals surface area contributed by atoms with Crippen molar-refractivity contribution in [3.05, 3.63) is 59.4 Å². The molecule has 1 N–H and O–H groups in total. The Balaban J connectivity index is 1.56. The van der Waals surface area contributed by atoms with E-state index in [2.05, 4.69) is 25.5 Å². The molecule has 1 aromatic carbocycles. The van der Waals surface area contributed by atoms with Gasteiger partial charge in [0.25, 0.3) is 0 Å². The molecule has 3 rings (SSSR count). The second-order valence-electron chi connectivity index (χ2n) is 5.20. The van der Waals surface area contributed by atoms with Crippen molar-refractivity contribution in [1.29, 1.82) is 0 Å². The maximum Gasteiger partial charge on any atom is 0.321 e. The molecule has 0 aliphatic carbocycles. The summed E-state index contributed by atoms with van der Waals surface area (Å²) in [4.78, 5) is 23.8. The van der Waals surface area contributed by atoms with Gasteiger partial charge >= 0.3 is 12.0 Å². The van der Waals surface area contributed by atoms with Crippen LogP contribution in [0, 0.1) is 0 Å². The smallest absolute Gasteiger partial charge is 0.321 e. The fraction of sp³-hybridized carbons (Fsp3) is 0.167. The first-order chi connectivity index (χ1) is 13.2. The van der Waals surface area contributed by atoms with Crippen molar-refractivity contribution in [2.75, 3.05) is 12.0 Å². The normalized spacial score (nSPS) is 10.7. The van der Waals surface area contributed by atoms with E-state index in [1.54, 1.807) is 37.0 Å². The Morgan fingerprint density at radius 1 is 1.30 bits per heavy atom. The molecule has 8 nitrogen and oxygen atoms in total. The summed E-state index contributed by atoms with van der Waals surface area (Å²) < 4.78 is 10.5. The summed E-state index contributed by atoms with van der Waals surface area (Å²) in [5.41, 5.74) is 4.33. The number of carbonyl (C=O) groups is 1. The Labute approximate surface area is 159 Å². The highest BCUT2D eigenvalue weighted by Crippen LogP contribution is 2.18. The summed E-state index contributed by atoms with van der Waals surface area (Å²) in [6.45, 7) is 2.13. The van der Waals surface area contributed by atoms with Crippen LogP contribution in [0.3, 0.4) is 0 Å². The number of esters is 1. The summed E-state index contributed by atoms with van der Waals surface area (Å²) in [5.74, 6) is 0.313. The molecule has 138 valence electrons. The third-order valence-electron chi connectivity index (χ3n) is 3.17. The number of hydrogen-bond donors (Lipinski definition) is 1. The lowest BCUT2D eigenvalue weighted by atomic mass is 10.2. The predicted octanol–water partition coefficient (Wildman–Crippen LogP) is 3.28. The van der Waals surface area contributed by atoms with E-state index in [9.17, 15) is 4.79 Å². The van der Waals surface area contributed by atoms with Crippen molar-refractivity contribution in [2.24, 2.45) is 5.10 Å². The number of anilines is 1. The fourth-order valence-electron chi connectivity index (χ4n) is 2.06. The van der Waals surface area contributed by atoms with E-state index < -0.39 is 0 Å². The molecule has 0 unspecified atom stereocenters. The summed E-state index contributed by atoms with van der Waals surface area (Å²) in [5, 5.41) is 6.55. The van der Waals surface area contributed by atoms with Crippen molar-refractivity contribution in [1.82, 2.24) is 15.0 Å². The number of benzene rings is 1. The van der Waals surface area contributed by atoms with Gasteiger partial charge in [-0.2, -0.15) is 5.10 Å². The second-order valence-corrected chi connectivity index (χ2v) is 6.06. The van der Waals surface area contributed by atoms with Gasteiger partial charge in [0.05, 0.1) is 24.9 Å². The Kier molecular flexibility index (Phi) is 6.42. The Hall–Kier alpha value is -3.33. The number of nitrogens with one attached hydrogen (secondary N) is 1. The van der Waals surface area contributed by atoms with Crippen LogP contribution >= 0.6 is 11.3 Å². The van der Waals surface area contributed by atoms with Crippen LogP contribution in [0.25, 0.3) is 0 Å². The summed E-state index contributed by atoms with van der Waals surface area (Å²) in [7, 11) is 0. The van der Waals surface area contributed by atoms with Crippen molar-refractivity contribution in [2.45, 2.75) is 13.3 Å². The predicted molar refractivity (Wildman–Crippen MR) is 102 cm³/mol. The van der Waals surface area contributed by atoms with Crippen molar-refractivity contribution >= 4 is 28.7 Å². The molecule has 0 fully saturated rings. The van der Waals surface area contributed by atoms with Gasteiger partial charge in [-0.1, -0.05) is 12.1 Å². The Morgan fingerprint density at radius 3 is 2.96 bits per heavy atom. The van der Waals surface area contributed by atoms with Gasteiger partial charge in [-0.25, -0.2) is 15.0 Å². The van der Waals surface area contributed by atoms with Gasteiger partial charge in [-0.15, -0.1) is 11.3 Å². The molecule has 0 radical (unpaired) electrons. The molecule has 3 aromatic rings. The van der Waals surface area contributed by atoms with Crippen LogP contribution in [-0.2, 0) is 16.0 Å². The number of carbonyl (C=O) groups excluding carboxylic acids is 1. The minimum absolute atomic E-state index is 0.149. The molecule has 0 aliphatic heterocycles. The first kappa shape index (κ1) is 18.5. The lowest BCUT2D eigenvalue weighted by molar-refractivity contribution is -0.142. The summed E-state index contributed by atoms with van der Waals surface area (Å²) in [6.07, 6.45) is 5.02. The minimum Gasteiger partial charge on any atom is -0.466 e. The maximum atomic E-state index is 11.5. The largest absolute Gasteiger partial charge is 0.466 e. The molecule has 0 saturated carbocycles. The number of aromatic nitrogens is 3. The first-order valence-electron chi connectivity index (χ1n) is 8.17. The molecular weight excluding hydrogens is 366 g/mol. The highest BCUT2D eigenvalue weighted by atomic mass is 32.1. The van der Waals surface area contributed by atoms with E-state index in [4.69, 9.17) is 9.47 Å². The van der Waals surface area contributed by atoms with Crippen LogP contribution in [0.2, 0.25) is 0 Å². The van der Waals surface area contributed by atoms with Crippen molar-refractivity contribution < 1.29 is 14.3 Å². The third-order valence-corrected chi connectivity index (χ3v) is 3.96. The van der Waals surface area contributed by atoms with Crippen molar-refractivity contribution in [3.63, 3.8) is 0 Å². The molecular formula is C18H17N5O3S. The number of hydrogen-bond acceptors (Lipinski definition) is 9. The SMILES string of the molecule is CCOC(=O)Cc1csc(NN=Cc2cccc(Oc3ncccn3)c2)n1. The summed E-state index contributed by atoms with van der Waals surface area (Å²) >= 11 is 1.36. The zero-order chi connectivity index (χ0) is 18.9. The van der Waals surface area contributed by atoms with Gasteiger partial charge in [0.1, 0.15) is 5.75 Å². The Bertz CT molecular complexity index is 914. The topological polar surface area (TPSA) is 98.6 Å². The average Bonchev–Trinajstić information content (AvgIpc) is 3.10. The first-order valence-corrected chi connectivity index (χ1v) is 9.05. The molecule has 0 amide bonds. The molecule has 0 aliphatic rings. The molecule has 0 saturated heterocycles. The van der Waals surface area contributed by atoms with E-state index in [1.165, 1.54) is 11.3 Å². The molecule has 0 bridgehead atoms. The van der Waals surface area contributed by atoms with Crippen LogP contribution in [-0.4, -0.2) is 33.7 Å². The number of thiazole rings is 1. The van der Waals surface area contributed by atoms with E-state index in [-0.39, 0.29) is 18.4 Å². The van der Waals surface area contributed by atoms with Crippen LogP contribution in [0.4, 0.5) is 5.13 Å². The molecule has 0 spiro atoms. The van der Waals surface area contributed by atoms with E-state index in [0.717, 1.165) is 5.56 Å². The van der Waals surface area contributed by atoms with Crippen molar-refractivity contribution in [3.8, 4) is 11.8 Å². The third kappa shape index (κ3) is 5.86. The van der Waals surface area contributed by atoms with Gasteiger partial charge in [-0.3, -0.25) is 10.2 Å². The van der Waals surface area contributed by atoms with Crippen LogP contribution in [0.1, 0.15) is 18.2 Å². The van der Waals surface area contributed by atoms with Crippen LogP contribution < -0.4 is 10.2 Å². The number of hydrazone groups is 1. The van der Waals surface area contributed by atoms with E-state index >= 15 is 0 Å². The molecule has 2 aromatic heterocycles. The minimum atomic E-state index is -0.294. The second kappa shape index (κ2) is 9.39. The molecule has 2 heterocycles. The van der Waals surface area contributed by atoms with Gasteiger partial charge in [0.2, 0.25) is 5.13 Å².